The molecular formula is C21H24N2OS. The summed E-state index contributed by atoms with van der Waals surface area (Å²) in [5, 5.41) is 10.7. The van der Waals surface area contributed by atoms with Crippen LogP contribution in [0.2, 0.25) is 0 Å². The van der Waals surface area contributed by atoms with Gasteiger partial charge in [0.2, 0.25) is 0 Å². The predicted molar refractivity (Wildman–Crippen MR) is 104 cm³/mol. The first-order valence-corrected chi connectivity index (χ1v) is 9.98. The first-order chi connectivity index (χ1) is 12.3. The van der Waals surface area contributed by atoms with Gasteiger partial charge in [0, 0.05) is 0 Å². The van der Waals surface area contributed by atoms with Crippen LogP contribution in [-0.2, 0) is 6.54 Å². The van der Waals surface area contributed by atoms with Gasteiger partial charge in [0.15, 0.2) is 4.80 Å². The van der Waals surface area contributed by atoms with Crippen LogP contribution < -0.4 is 4.80 Å². The van der Waals surface area contributed by atoms with Gasteiger partial charge in [-0.25, -0.2) is 0 Å². The normalized spacial score (nSPS) is 17.9. The van der Waals surface area contributed by atoms with Crippen LogP contribution in [-0.4, -0.2) is 15.7 Å². The van der Waals surface area contributed by atoms with Gasteiger partial charge in [-0.05, 0) is 30.5 Å². The first kappa shape index (κ1) is 16.6. The molecule has 1 aliphatic rings. The van der Waals surface area contributed by atoms with Crippen molar-refractivity contribution in [1.29, 1.82) is 0 Å². The number of hydrogen-bond acceptors (Lipinski definition) is 3. The number of nitrogens with zero attached hydrogens (tertiary/aromatic N) is 2. The second-order valence-electron chi connectivity index (χ2n) is 6.81. The van der Waals surface area contributed by atoms with Crippen molar-refractivity contribution >= 4 is 21.6 Å². The lowest BCUT2D eigenvalue weighted by Crippen LogP contribution is -2.22. The molecule has 0 bridgehead atoms. The van der Waals surface area contributed by atoms with Gasteiger partial charge >= 0.3 is 0 Å². The lowest BCUT2D eigenvalue weighted by Gasteiger charge is -2.18. The van der Waals surface area contributed by atoms with Crippen LogP contribution in [0.5, 0.6) is 0 Å². The summed E-state index contributed by atoms with van der Waals surface area (Å²) in [6.45, 7) is 0.541. The summed E-state index contributed by atoms with van der Waals surface area (Å²) in [4.78, 5) is 6.12. The molecule has 1 atom stereocenters. The third-order valence-electron chi connectivity index (χ3n) is 5.00. The predicted octanol–water partition coefficient (Wildman–Crippen LogP) is 4.67. The van der Waals surface area contributed by atoms with Crippen LogP contribution in [0.1, 0.15) is 43.8 Å². The summed E-state index contributed by atoms with van der Waals surface area (Å²) in [5.74, 6) is 0. The highest BCUT2D eigenvalue weighted by molar-refractivity contribution is 7.16. The van der Waals surface area contributed by atoms with E-state index in [1.807, 2.05) is 30.3 Å². The number of aliphatic hydroxyl groups is 1. The smallest absolute Gasteiger partial charge is 0.186 e. The highest BCUT2D eigenvalue weighted by Gasteiger charge is 2.15. The quantitative estimate of drug-likeness (QED) is 0.728. The number of rotatable bonds is 4. The third kappa shape index (κ3) is 3.70. The standard InChI is InChI=1S/C21H24N2OS/c24-19(16-9-3-1-4-10-16)15-23-18-13-7-8-14-20(18)25-21(23)22-17-11-5-2-6-12-17/h1,3-4,7-10,13-14,17,19,24H,2,5-6,11-12,15H2/t19-/m1/s1. The fourth-order valence-electron chi connectivity index (χ4n) is 3.62. The zero-order chi connectivity index (χ0) is 17.1. The molecule has 2 aromatic carbocycles. The van der Waals surface area contributed by atoms with Crippen LogP contribution in [0.4, 0.5) is 0 Å². The number of aliphatic hydroxyl groups excluding tert-OH is 1. The van der Waals surface area contributed by atoms with Gasteiger partial charge in [0.25, 0.3) is 0 Å². The summed E-state index contributed by atoms with van der Waals surface area (Å²) < 4.78 is 3.43. The molecule has 1 saturated carbocycles. The van der Waals surface area contributed by atoms with Crippen molar-refractivity contribution in [3.8, 4) is 0 Å². The molecule has 3 aromatic rings. The lowest BCUT2D eigenvalue weighted by molar-refractivity contribution is 0.157. The second-order valence-corrected chi connectivity index (χ2v) is 7.82. The molecule has 1 fully saturated rings. The Morgan fingerprint density at radius 2 is 1.72 bits per heavy atom. The molecule has 1 heterocycles. The molecule has 1 aromatic heterocycles. The van der Waals surface area contributed by atoms with Gasteiger partial charge in [0.1, 0.15) is 0 Å². The Kier molecular flexibility index (Phi) is 4.99. The van der Waals surface area contributed by atoms with Gasteiger partial charge < -0.3 is 9.67 Å². The van der Waals surface area contributed by atoms with Crippen molar-refractivity contribution in [2.75, 3.05) is 0 Å². The number of hydrogen-bond donors (Lipinski definition) is 1. The van der Waals surface area contributed by atoms with E-state index in [1.54, 1.807) is 11.3 Å². The molecule has 1 N–H and O–H groups in total. The average Bonchev–Trinajstić information content (AvgIpc) is 3.00. The number of fused-ring (bicyclic) bond motifs is 1. The van der Waals surface area contributed by atoms with E-state index in [4.69, 9.17) is 4.99 Å². The summed E-state index contributed by atoms with van der Waals surface area (Å²) >= 11 is 1.74. The lowest BCUT2D eigenvalue weighted by atomic mass is 9.96. The largest absolute Gasteiger partial charge is 0.387 e. The molecule has 4 rings (SSSR count). The Bertz CT molecular complexity index is 891. The first-order valence-electron chi connectivity index (χ1n) is 9.16. The van der Waals surface area contributed by atoms with Crippen LogP contribution >= 0.6 is 11.3 Å². The minimum atomic E-state index is -0.524. The number of benzene rings is 2. The Morgan fingerprint density at radius 3 is 2.52 bits per heavy atom. The summed E-state index contributed by atoms with van der Waals surface area (Å²) in [5.41, 5.74) is 2.12. The van der Waals surface area contributed by atoms with Gasteiger partial charge in [-0.1, -0.05) is 73.1 Å². The molecule has 25 heavy (non-hydrogen) atoms. The Balaban J connectivity index is 1.73. The van der Waals surface area contributed by atoms with Crippen molar-refractivity contribution in [3.63, 3.8) is 0 Å². The van der Waals surface area contributed by atoms with Crippen LogP contribution in [0, 0.1) is 0 Å². The molecule has 0 unspecified atom stereocenters. The van der Waals surface area contributed by atoms with E-state index in [0.29, 0.717) is 12.6 Å². The highest BCUT2D eigenvalue weighted by atomic mass is 32.1. The van der Waals surface area contributed by atoms with E-state index < -0.39 is 6.10 Å². The molecule has 3 nitrogen and oxygen atoms in total. The molecule has 130 valence electrons. The molecular weight excluding hydrogens is 328 g/mol. The molecule has 4 heteroatoms. The van der Waals surface area contributed by atoms with E-state index in [2.05, 4.69) is 28.8 Å². The van der Waals surface area contributed by atoms with Gasteiger partial charge in [0.05, 0.1) is 28.9 Å². The average molecular weight is 353 g/mol. The van der Waals surface area contributed by atoms with Crippen molar-refractivity contribution in [2.45, 2.75) is 50.8 Å². The van der Waals surface area contributed by atoms with E-state index >= 15 is 0 Å². The fourth-order valence-corrected chi connectivity index (χ4v) is 4.73. The minimum Gasteiger partial charge on any atom is -0.387 e. The summed E-state index contributed by atoms with van der Waals surface area (Å²) in [6.07, 6.45) is 5.76. The third-order valence-corrected chi connectivity index (χ3v) is 6.07. The maximum Gasteiger partial charge on any atom is 0.186 e. The van der Waals surface area contributed by atoms with E-state index in [0.717, 1.165) is 15.9 Å². The number of para-hydroxylation sites is 1. The van der Waals surface area contributed by atoms with Crippen molar-refractivity contribution < 1.29 is 5.11 Å². The molecule has 0 aliphatic heterocycles. The van der Waals surface area contributed by atoms with Crippen molar-refractivity contribution in [2.24, 2.45) is 4.99 Å². The van der Waals surface area contributed by atoms with Crippen LogP contribution in [0.15, 0.2) is 59.6 Å². The highest BCUT2D eigenvalue weighted by Crippen LogP contribution is 2.23. The monoisotopic (exact) mass is 352 g/mol. The minimum absolute atomic E-state index is 0.432. The molecule has 0 saturated heterocycles. The summed E-state index contributed by atoms with van der Waals surface area (Å²) in [6, 6.07) is 18.7. The zero-order valence-corrected chi connectivity index (χ0v) is 15.2. The molecule has 1 aliphatic carbocycles. The Hall–Kier alpha value is -1.91. The molecule has 0 radical (unpaired) electrons. The maximum absolute atomic E-state index is 10.7. The maximum atomic E-state index is 10.7. The zero-order valence-electron chi connectivity index (χ0n) is 14.3. The van der Waals surface area contributed by atoms with E-state index in [1.165, 1.54) is 36.8 Å². The van der Waals surface area contributed by atoms with Gasteiger partial charge in [-0.15, -0.1) is 0 Å². The fraction of sp³-hybridized carbons (Fsp3) is 0.381. The van der Waals surface area contributed by atoms with E-state index in [-0.39, 0.29) is 0 Å². The second kappa shape index (κ2) is 7.54. The SMILES string of the molecule is O[C@H](Cn1c(=NC2CCCCC2)sc2ccccc21)c1ccccc1. The van der Waals surface area contributed by atoms with Crippen LogP contribution in [0.3, 0.4) is 0 Å². The summed E-state index contributed by atoms with van der Waals surface area (Å²) in [7, 11) is 0. The topological polar surface area (TPSA) is 37.5 Å². The van der Waals surface area contributed by atoms with Crippen LogP contribution in [0.25, 0.3) is 10.2 Å². The van der Waals surface area contributed by atoms with E-state index in [9.17, 15) is 5.11 Å². The molecule has 0 amide bonds. The van der Waals surface area contributed by atoms with Crippen molar-refractivity contribution in [3.05, 3.63) is 65.0 Å². The molecule has 0 spiro atoms. The van der Waals surface area contributed by atoms with Crippen molar-refractivity contribution in [1.82, 2.24) is 4.57 Å². The number of thiazole rings is 1. The number of aromatic nitrogens is 1. The van der Waals surface area contributed by atoms with Gasteiger partial charge in [-0.2, -0.15) is 0 Å². The Morgan fingerprint density at radius 1 is 1.00 bits per heavy atom. The van der Waals surface area contributed by atoms with Gasteiger partial charge in [-0.3, -0.25) is 4.99 Å². The Labute approximate surface area is 152 Å².